The lowest BCUT2D eigenvalue weighted by Gasteiger charge is -2.49. The van der Waals surface area contributed by atoms with Crippen LogP contribution in [-0.2, 0) is 36.5 Å². The molecule has 0 radical (unpaired) electrons. The minimum atomic E-state index is -0.290. The van der Waals surface area contributed by atoms with E-state index in [0.717, 1.165) is 131 Å². The van der Waals surface area contributed by atoms with Gasteiger partial charge in [-0.15, -0.1) is 0 Å². The van der Waals surface area contributed by atoms with Gasteiger partial charge in [-0.3, -0.25) is 19.6 Å². The summed E-state index contributed by atoms with van der Waals surface area (Å²) in [5.74, 6) is 2.55. The van der Waals surface area contributed by atoms with Gasteiger partial charge in [0.25, 0.3) is 11.8 Å². The molecule has 12 rings (SSSR count). The highest BCUT2D eigenvalue weighted by atomic mass is 19.1. The van der Waals surface area contributed by atoms with Crippen molar-refractivity contribution in [3.63, 3.8) is 0 Å². The monoisotopic (exact) mass is 764 g/mol. The number of carbonyl (C=O) groups excluding carboxylic acids is 2. The molecule has 3 N–H and O–H groups in total. The van der Waals surface area contributed by atoms with E-state index in [0.29, 0.717) is 24.5 Å². The Morgan fingerprint density at radius 1 is 0.649 bits per heavy atom. The number of rotatable bonds is 2. The third-order valence-corrected chi connectivity index (χ3v) is 12.7. The maximum absolute atomic E-state index is 13.7. The molecule has 6 aliphatic rings. The summed E-state index contributed by atoms with van der Waals surface area (Å²) >= 11 is 0. The van der Waals surface area contributed by atoms with Crippen LogP contribution in [-0.4, -0.2) is 73.0 Å². The first kappa shape index (κ1) is 34.3. The van der Waals surface area contributed by atoms with Gasteiger partial charge >= 0.3 is 0 Å². The van der Waals surface area contributed by atoms with Gasteiger partial charge in [0.2, 0.25) is 0 Å². The Bertz CT molecular complexity index is 2690. The number of hydrogen-bond donors (Lipinski definition) is 3. The van der Waals surface area contributed by atoms with Gasteiger partial charge in [-0.05, 0) is 80.3 Å². The summed E-state index contributed by atoms with van der Waals surface area (Å²) in [5.41, 5.74) is 10.1. The summed E-state index contributed by atoms with van der Waals surface area (Å²) in [7, 11) is 2.08. The zero-order chi connectivity index (χ0) is 38.6. The van der Waals surface area contributed by atoms with E-state index in [-0.39, 0.29) is 34.3 Å². The molecule has 0 bridgehead atoms. The Morgan fingerprint density at radius 3 is 1.60 bits per heavy atom. The molecule has 8 heterocycles. The summed E-state index contributed by atoms with van der Waals surface area (Å²) < 4.78 is 40.2. The van der Waals surface area contributed by atoms with Gasteiger partial charge in [-0.1, -0.05) is 24.3 Å². The van der Waals surface area contributed by atoms with E-state index in [2.05, 4.69) is 37.9 Å². The number of furan rings is 2. The van der Waals surface area contributed by atoms with Gasteiger partial charge in [0.15, 0.2) is 0 Å². The predicted molar refractivity (Wildman–Crippen MR) is 208 cm³/mol. The van der Waals surface area contributed by atoms with Crippen LogP contribution in [0.5, 0.6) is 0 Å². The Morgan fingerprint density at radius 2 is 1.14 bits per heavy atom. The first-order valence-electron chi connectivity index (χ1n) is 19.5. The van der Waals surface area contributed by atoms with Crippen molar-refractivity contribution in [3.8, 4) is 45.2 Å². The van der Waals surface area contributed by atoms with Crippen LogP contribution in [0.1, 0.15) is 54.5 Å². The Balaban J connectivity index is 0.000000131. The van der Waals surface area contributed by atoms with Gasteiger partial charge in [0, 0.05) is 85.0 Å². The molecule has 2 amide bonds. The SMILES string of the molecule is CN1CC2(CNC(=O)c3c2oc2c3CCc3cnc(-c4cccc(F)c4)cc3-2)C1.O=C1NCC2(CNC2)c2oc3c(c21)CCc1cnc(-c2cccc(F)c2)cc1-3. The third-order valence-electron chi connectivity index (χ3n) is 12.7. The van der Waals surface area contributed by atoms with Crippen molar-refractivity contribution in [2.24, 2.45) is 0 Å². The Kier molecular flexibility index (Phi) is 7.52. The number of amides is 2. The molecule has 2 spiro atoms. The number of likely N-dealkylation sites (tertiary alicyclic amines) is 1. The summed E-state index contributed by atoms with van der Waals surface area (Å²) in [6.07, 6.45) is 6.85. The number of nitrogens with zero attached hydrogens (tertiary/aromatic N) is 3. The van der Waals surface area contributed by atoms with Crippen LogP contribution in [0.15, 0.2) is 81.9 Å². The molecule has 286 valence electrons. The van der Waals surface area contributed by atoms with Crippen LogP contribution >= 0.6 is 0 Å². The number of fused-ring (bicyclic) bond motifs is 12. The first-order valence-corrected chi connectivity index (χ1v) is 19.5. The van der Waals surface area contributed by atoms with E-state index in [1.807, 2.05) is 36.7 Å². The largest absolute Gasteiger partial charge is 0.459 e. The Labute approximate surface area is 326 Å². The number of pyridine rings is 2. The van der Waals surface area contributed by atoms with Gasteiger partial charge in [-0.25, -0.2) is 8.78 Å². The zero-order valence-corrected chi connectivity index (χ0v) is 31.2. The lowest BCUT2D eigenvalue weighted by atomic mass is 9.73. The number of hydrogen-bond acceptors (Lipinski definition) is 8. The molecular formula is C45H38F2N6O4. The molecule has 0 saturated carbocycles. The zero-order valence-electron chi connectivity index (χ0n) is 31.2. The van der Waals surface area contributed by atoms with Crippen LogP contribution in [0.2, 0.25) is 0 Å². The van der Waals surface area contributed by atoms with Gasteiger partial charge in [0.1, 0.15) is 34.7 Å². The topological polar surface area (TPSA) is 126 Å². The standard InChI is InChI=1S/C23H20FN3O2.C22H18FN3O2/c1-27-11-23(12-27)10-26-22(28)19-16-6-5-14-9-25-18(13-3-2-4-15(24)7-13)8-17(14)20(16)29-21(19)23;23-14-3-1-2-12(6-14)17-7-16-13(8-25-17)4-5-15-18-20(28-19(15)16)22(9-24-10-22)11-26-21(18)27/h2-4,7-9H,5-6,10-12H2,1H3,(H,26,28);1-3,6-8,24H,4-5,9-11H2,(H,26,27). The average molecular weight is 765 g/mol. The molecule has 57 heavy (non-hydrogen) atoms. The number of aryl methyl sites for hydroxylation is 2. The van der Waals surface area contributed by atoms with Crippen molar-refractivity contribution in [3.05, 3.63) is 130 Å². The van der Waals surface area contributed by atoms with E-state index in [1.165, 1.54) is 24.3 Å². The van der Waals surface area contributed by atoms with Crippen LogP contribution in [0.25, 0.3) is 45.2 Å². The van der Waals surface area contributed by atoms with Crippen LogP contribution in [0, 0.1) is 11.6 Å². The molecule has 0 atom stereocenters. The lowest BCUT2D eigenvalue weighted by molar-refractivity contribution is 0.0586. The van der Waals surface area contributed by atoms with Gasteiger partial charge in [-0.2, -0.15) is 0 Å². The number of likely N-dealkylation sites (N-methyl/N-ethyl adjacent to an activating group) is 1. The van der Waals surface area contributed by atoms with Gasteiger partial charge < -0.3 is 29.7 Å². The highest BCUT2D eigenvalue weighted by Gasteiger charge is 2.52. The quantitative estimate of drug-likeness (QED) is 0.196. The smallest absolute Gasteiger partial charge is 0.255 e. The third kappa shape index (κ3) is 5.26. The average Bonchev–Trinajstić information content (AvgIpc) is 3.80. The van der Waals surface area contributed by atoms with Crippen LogP contribution in [0.4, 0.5) is 8.78 Å². The second-order valence-corrected chi connectivity index (χ2v) is 16.4. The molecule has 10 nitrogen and oxygen atoms in total. The number of benzene rings is 2. The van der Waals surface area contributed by atoms with E-state index >= 15 is 0 Å². The highest BCUT2D eigenvalue weighted by molar-refractivity contribution is 6.01. The molecule has 2 saturated heterocycles. The maximum Gasteiger partial charge on any atom is 0.255 e. The molecule has 0 unspecified atom stereocenters. The van der Waals surface area contributed by atoms with E-state index in [4.69, 9.17) is 8.83 Å². The molecule has 2 aliphatic carbocycles. The predicted octanol–water partition coefficient (Wildman–Crippen LogP) is 6.00. The summed E-state index contributed by atoms with van der Waals surface area (Å²) in [6.45, 7) is 4.60. The van der Waals surface area contributed by atoms with E-state index in [1.54, 1.807) is 12.1 Å². The maximum atomic E-state index is 13.7. The van der Waals surface area contributed by atoms with Crippen molar-refractivity contribution in [1.82, 2.24) is 30.8 Å². The molecular weight excluding hydrogens is 727 g/mol. The molecule has 12 heteroatoms. The number of nitrogens with one attached hydrogen (secondary N) is 3. The summed E-state index contributed by atoms with van der Waals surface area (Å²) in [4.78, 5) is 36.7. The van der Waals surface area contributed by atoms with Gasteiger partial charge in [0.05, 0.1) is 33.3 Å². The van der Waals surface area contributed by atoms with Crippen molar-refractivity contribution in [1.29, 1.82) is 0 Å². The molecule has 4 aromatic heterocycles. The minimum Gasteiger partial charge on any atom is -0.459 e. The molecule has 6 aromatic rings. The fourth-order valence-electron chi connectivity index (χ4n) is 9.78. The minimum absolute atomic E-state index is 0.0342. The van der Waals surface area contributed by atoms with E-state index in [9.17, 15) is 18.4 Å². The van der Waals surface area contributed by atoms with E-state index < -0.39 is 0 Å². The Hall–Kier alpha value is -5.98. The fourth-order valence-corrected chi connectivity index (χ4v) is 9.78. The second-order valence-electron chi connectivity index (χ2n) is 16.4. The lowest BCUT2D eigenvalue weighted by Crippen LogP contribution is -2.64. The number of carbonyl (C=O) groups is 2. The van der Waals surface area contributed by atoms with Crippen molar-refractivity contribution < 1.29 is 27.2 Å². The molecule has 2 aromatic carbocycles. The normalized spacial score (nSPS) is 18.9. The summed E-state index contributed by atoms with van der Waals surface area (Å²) in [5, 5.41) is 9.42. The van der Waals surface area contributed by atoms with Crippen LogP contribution < -0.4 is 16.0 Å². The second kappa shape index (κ2) is 12.5. The summed E-state index contributed by atoms with van der Waals surface area (Å²) in [6, 6.07) is 16.8. The molecule has 2 fully saturated rings. The first-order chi connectivity index (χ1) is 27.7. The van der Waals surface area contributed by atoms with Crippen molar-refractivity contribution in [2.75, 3.05) is 46.3 Å². The highest BCUT2D eigenvalue weighted by Crippen LogP contribution is 2.48. The van der Waals surface area contributed by atoms with Crippen LogP contribution in [0.3, 0.4) is 0 Å². The number of halogens is 2. The molecule has 4 aliphatic heterocycles. The van der Waals surface area contributed by atoms with Crippen molar-refractivity contribution >= 4 is 11.8 Å². The fraction of sp³-hybridized carbons (Fsp3) is 0.289. The number of aromatic nitrogens is 2. The van der Waals surface area contributed by atoms with Crippen molar-refractivity contribution in [2.45, 2.75) is 36.5 Å².